The Balaban J connectivity index is 1.64. The highest BCUT2D eigenvalue weighted by Crippen LogP contribution is 2.23. The average Bonchev–Trinajstić information content (AvgIpc) is 3.57. The smallest absolute Gasteiger partial charge is 0.0693 e. The summed E-state index contributed by atoms with van der Waals surface area (Å²) in [6.45, 7) is 0. The number of nitrogens with zero attached hydrogens (tertiary/aromatic N) is 2. The molecule has 0 aliphatic carbocycles. The molecule has 0 atom stereocenters. The minimum Gasteiger partial charge on any atom is -0.355 e. The van der Waals surface area contributed by atoms with Crippen LogP contribution in [0.1, 0.15) is 33.9 Å². The van der Waals surface area contributed by atoms with Crippen molar-refractivity contribution in [1.29, 1.82) is 0 Å². The van der Waals surface area contributed by atoms with E-state index in [2.05, 4.69) is 88.9 Å². The summed E-state index contributed by atoms with van der Waals surface area (Å²) in [5, 5.41) is 0. The first kappa shape index (κ1) is 17.7. The molecule has 0 amide bonds. The molecule has 31 heavy (non-hydrogen) atoms. The van der Waals surface area contributed by atoms with Crippen LogP contribution in [0.15, 0.2) is 72.8 Å². The lowest BCUT2D eigenvalue weighted by Crippen LogP contribution is -1.93. The Labute approximate surface area is 179 Å². The zero-order valence-electron chi connectivity index (χ0n) is 16.8. The Kier molecular flexibility index (Phi) is 4.13. The fraction of sp³-hybridized carbons (Fsp3) is 0.0370. The summed E-state index contributed by atoms with van der Waals surface area (Å²) >= 11 is 0. The van der Waals surface area contributed by atoms with E-state index < -0.39 is 0 Å². The summed E-state index contributed by atoms with van der Waals surface area (Å²) in [7, 11) is 0. The number of aromatic amines is 2. The van der Waals surface area contributed by atoms with Crippen LogP contribution in [0.2, 0.25) is 0 Å². The van der Waals surface area contributed by atoms with E-state index in [0.717, 1.165) is 51.3 Å². The first-order chi connectivity index (χ1) is 15.3. The Hall–Kier alpha value is -4.18. The third kappa shape index (κ3) is 3.60. The van der Waals surface area contributed by atoms with Gasteiger partial charge in [0.1, 0.15) is 0 Å². The third-order valence-electron chi connectivity index (χ3n) is 5.55. The van der Waals surface area contributed by atoms with E-state index in [4.69, 9.17) is 9.97 Å². The minimum absolute atomic E-state index is 0.803. The topological polar surface area (TPSA) is 57.4 Å². The fourth-order valence-corrected chi connectivity index (χ4v) is 4.05. The Morgan fingerprint density at radius 1 is 0.581 bits per heavy atom. The molecule has 0 radical (unpaired) electrons. The van der Waals surface area contributed by atoms with Gasteiger partial charge in [0.25, 0.3) is 0 Å². The monoisotopic (exact) mass is 400 g/mol. The molecule has 4 aromatic rings. The number of aromatic nitrogens is 4. The van der Waals surface area contributed by atoms with Gasteiger partial charge in [0, 0.05) is 34.1 Å². The van der Waals surface area contributed by atoms with Crippen molar-refractivity contribution in [3.05, 3.63) is 107 Å². The highest BCUT2D eigenvalue weighted by molar-refractivity contribution is 5.79. The molecule has 4 nitrogen and oxygen atoms in total. The van der Waals surface area contributed by atoms with Crippen LogP contribution in [0.5, 0.6) is 0 Å². The summed E-state index contributed by atoms with van der Waals surface area (Å²) in [5.41, 5.74) is 10.4. The van der Waals surface area contributed by atoms with Crippen LogP contribution in [0.25, 0.3) is 46.4 Å². The maximum Gasteiger partial charge on any atom is 0.0693 e. The molecule has 2 aliphatic heterocycles. The maximum atomic E-state index is 4.93. The molecule has 2 aliphatic rings. The first-order valence-electron chi connectivity index (χ1n) is 10.4. The number of hydrogen-bond acceptors (Lipinski definition) is 2. The number of benzene rings is 1. The highest BCUT2D eigenvalue weighted by atomic mass is 14.8. The van der Waals surface area contributed by atoms with E-state index in [1.165, 1.54) is 11.1 Å². The van der Waals surface area contributed by atoms with Crippen LogP contribution >= 0.6 is 0 Å². The highest BCUT2D eigenvalue weighted by Gasteiger charge is 2.09. The third-order valence-corrected chi connectivity index (χ3v) is 5.55. The van der Waals surface area contributed by atoms with Crippen molar-refractivity contribution in [2.75, 3.05) is 0 Å². The van der Waals surface area contributed by atoms with Crippen molar-refractivity contribution in [2.24, 2.45) is 0 Å². The van der Waals surface area contributed by atoms with Crippen LogP contribution in [0, 0.1) is 0 Å². The van der Waals surface area contributed by atoms with Crippen LogP contribution < -0.4 is 0 Å². The molecular formula is C27H20N4. The second-order valence-electron chi connectivity index (χ2n) is 7.82. The number of rotatable bonds is 2. The summed E-state index contributed by atoms with van der Waals surface area (Å²) < 4.78 is 0. The van der Waals surface area contributed by atoms with Crippen molar-refractivity contribution in [1.82, 2.24) is 19.9 Å². The van der Waals surface area contributed by atoms with Crippen LogP contribution in [0.4, 0.5) is 0 Å². The van der Waals surface area contributed by atoms with E-state index in [9.17, 15) is 0 Å². The standard InChI is InChI=1S/C27H20N4/c1-2-4-18(5-3-1)14-25-26-12-10-23(30-26)16-21-8-6-19(28-21)15-20-7-9-22(29-20)17-24-11-13-27(25)31-24/h1-13,15-17,28,31H,14H2. The van der Waals surface area contributed by atoms with Crippen molar-refractivity contribution >= 4 is 46.4 Å². The summed E-state index contributed by atoms with van der Waals surface area (Å²) in [6, 6.07) is 25.1. The number of nitrogens with one attached hydrogen (secondary N) is 2. The SMILES string of the molecule is C1=Cc2cc3ccc([nH]3)c(Cc3ccccc3)c3nc(cc4ccc(cc1n2)[nH]4)C=C3. The molecule has 0 fully saturated rings. The van der Waals surface area contributed by atoms with Gasteiger partial charge < -0.3 is 9.97 Å². The lowest BCUT2D eigenvalue weighted by atomic mass is 10.0. The second kappa shape index (κ2) is 7.26. The normalized spacial score (nSPS) is 12.4. The van der Waals surface area contributed by atoms with Gasteiger partial charge in [-0.1, -0.05) is 30.3 Å². The molecule has 0 spiro atoms. The Morgan fingerprint density at radius 2 is 1.19 bits per heavy atom. The fourth-order valence-electron chi connectivity index (χ4n) is 4.05. The van der Waals surface area contributed by atoms with Crippen LogP contribution in [0.3, 0.4) is 0 Å². The molecule has 1 aromatic carbocycles. The largest absolute Gasteiger partial charge is 0.355 e. The molecule has 2 N–H and O–H groups in total. The molecule has 6 rings (SSSR count). The van der Waals surface area contributed by atoms with Crippen molar-refractivity contribution in [3.63, 3.8) is 0 Å². The zero-order valence-corrected chi connectivity index (χ0v) is 16.8. The van der Waals surface area contributed by atoms with E-state index in [-0.39, 0.29) is 0 Å². The van der Waals surface area contributed by atoms with Crippen LogP contribution in [-0.4, -0.2) is 19.9 Å². The minimum atomic E-state index is 0.803. The lowest BCUT2D eigenvalue weighted by molar-refractivity contribution is 1.16. The number of fused-ring (bicyclic) bond motifs is 8. The Bertz CT molecular complexity index is 1500. The molecule has 0 unspecified atom stereocenters. The van der Waals surface area contributed by atoms with Gasteiger partial charge >= 0.3 is 0 Å². The van der Waals surface area contributed by atoms with Gasteiger partial charge in [-0.05, 0) is 72.3 Å². The van der Waals surface area contributed by atoms with Crippen molar-refractivity contribution in [2.45, 2.75) is 6.42 Å². The second-order valence-corrected chi connectivity index (χ2v) is 7.82. The molecular weight excluding hydrogens is 380 g/mol. The van der Waals surface area contributed by atoms with Gasteiger partial charge in [-0.25, -0.2) is 9.97 Å². The van der Waals surface area contributed by atoms with Crippen molar-refractivity contribution in [3.8, 4) is 0 Å². The predicted molar refractivity (Wildman–Crippen MR) is 128 cm³/mol. The van der Waals surface area contributed by atoms with Crippen LogP contribution in [-0.2, 0) is 6.42 Å². The quantitative estimate of drug-likeness (QED) is 0.361. The predicted octanol–water partition coefficient (Wildman–Crippen LogP) is 6.25. The van der Waals surface area contributed by atoms with E-state index in [0.29, 0.717) is 0 Å². The van der Waals surface area contributed by atoms with E-state index in [1.807, 2.05) is 18.2 Å². The summed E-state index contributed by atoms with van der Waals surface area (Å²) in [6.07, 6.45) is 9.06. The summed E-state index contributed by atoms with van der Waals surface area (Å²) in [5.74, 6) is 0. The summed E-state index contributed by atoms with van der Waals surface area (Å²) in [4.78, 5) is 16.7. The van der Waals surface area contributed by atoms with Gasteiger partial charge in [-0.2, -0.15) is 0 Å². The van der Waals surface area contributed by atoms with Gasteiger partial charge in [0.15, 0.2) is 0 Å². The molecule has 8 bridgehead atoms. The molecule has 0 saturated heterocycles. The van der Waals surface area contributed by atoms with E-state index in [1.54, 1.807) is 0 Å². The van der Waals surface area contributed by atoms with Crippen molar-refractivity contribution < 1.29 is 0 Å². The number of hydrogen-bond donors (Lipinski definition) is 2. The maximum absolute atomic E-state index is 4.93. The molecule has 148 valence electrons. The van der Waals surface area contributed by atoms with Gasteiger partial charge in [-0.3, -0.25) is 0 Å². The molecule has 3 aromatic heterocycles. The van der Waals surface area contributed by atoms with Gasteiger partial charge in [0.2, 0.25) is 0 Å². The number of H-pyrrole nitrogens is 2. The Morgan fingerprint density at radius 3 is 1.94 bits per heavy atom. The van der Waals surface area contributed by atoms with E-state index >= 15 is 0 Å². The lowest BCUT2D eigenvalue weighted by Gasteiger charge is -2.03. The zero-order chi connectivity index (χ0) is 20.6. The average molecular weight is 400 g/mol. The molecule has 0 saturated carbocycles. The molecule has 5 heterocycles. The van der Waals surface area contributed by atoms with Gasteiger partial charge in [-0.15, -0.1) is 0 Å². The van der Waals surface area contributed by atoms with Gasteiger partial charge in [0.05, 0.1) is 22.8 Å². The molecule has 4 heteroatoms. The first-order valence-corrected chi connectivity index (χ1v) is 10.4.